The van der Waals surface area contributed by atoms with Gasteiger partial charge in [-0.3, -0.25) is 9.59 Å². The molecule has 0 fully saturated rings. The van der Waals surface area contributed by atoms with Crippen LogP contribution in [0, 0.1) is 0 Å². The Labute approximate surface area is 198 Å². The van der Waals surface area contributed by atoms with E-state index in [1.807, 2.05) is 17.5 Å². The molecule has 0 bridgehead atoms. The molecule has 168 valence electrons. The van der Waals surface area contributed by atoms with Gasteiger partial charge in [-0.05, 0) is 47.8 Å². The number of nitrogens with zero attached hydrogens (tertiary/aromatic N) is 4. The molecule has 1 aromatic carbocycles. The van der Waals surface area contributed by atoms with Crippen molar-refractivity contribution in [1.82, 2.24) is 19.6 Å². The highest BCUT2D eigenvalue weighted by molar-refractivity contribution is 7.13. The van der Waals surface area contributed by atoms with Gasteiger partial charge < -0.3 is 15.4 Å². The van der Waals surface area contributed by atoms with Gasteiger partial charge in [0.1, 0.15) is 23.0 Å². The lowest BCUT2D eigenvalue weighted by atomic mass is 10.2. The van der Waals surface area contributed by atoms with Gasteiger partial charge in [0.25, 0.3) is 5.91 Å². The number of nitrogens with one attached hydrogen (secondary N) is 2. The highest BCUT2D eigenvalue weighted by atomic mass is 32.1. The second-order valence-electron chi connectivity index (χ2n) is 7.24. The van der Waals surface area contributed by atoms with Crippen molar-refractivity contribution in [2.75, 3.05) is 10.6 Å². The van der Waals surface area contributed by atoms with Crippen LogP contribution in [0.15, 0.2) is 78.4 Å². The van der Waals surface area contributed by atoms with E-state index in [-0.39, 0.29) is 11.8 Å². The van der Waals surface area contributed by atoms with E-state index in [0.717, 1.165) is 10.6 Å². The van der Waals surface area contributed by atoms with Crippen LogP contribution >= 0.6 is 11.3 Å². The molecular formula is C24H18N6O3S. The van der Waals surface area contributed by atoms with Gasteiger partial charge in [0.15, 0.2) is 5.65 Å². The fourth-order valence-corrected chi connectivity index (χ4v) is 4.02. The minimum atomic E-state index is -0.329. The fourth-order valence-electron chi connectivity index (χ4n) is 3.29. The SMILES string of the molecule is CC(=O)Nc1cc(Oc2ccc(NC(=O)c3cc(-c4cccs4)n4nccc4n3)cc2)ccn1. The number of pyridine rings is 1. The first-order chi connectivity index (χ1) is 16.5. The molecule has 2 N–H and O–H groups in total. The average Bonchev–Trinajstić information content (AvgIpc) is 3.52. The van der Waals surface area contributed by atoms with Gasteiger partial charge in [0.05, 0.1) is 16.8 Å². The van der Waals surface area contributed by atoms with Crippen LogP contribution in [-0.4, -0.2) is 31.4 Å². The Bertz CT molecular complexity index is 1480. The lowest BCUT2D eigenvalue weighted by Gasteiger charge is -2.10. The van der Waals surface area contributed by atoms with Gasteiger partial charge in [-0.2, -0.15) is 5.10 Å². The van der Waals surface area contributed by atoms with E-state index < -0.39 is 0 Å². The van der Waals surface area contributed by atoms with Crippen LogP contribution in [0.1, 0.15) is 17.4 Å². The number of aromatic nitrogens is 4. The number of ether oxygens (including phenoxy) is 1. The molecule has 9 nitrogen and oxygen atoms in total. The maximum absolute atomic E-state index is 12.9. The van der Waals surface area contributed by atoms with Crippen molar-refractivity contribution >= 4 is 40.3 Å². The van der Waals surface area contributed by atoms with Crippen LogP contribution in [0.3, 0.4) is 0 Å². The van der Waals surface area contributed by atoms with E-state index in [9.17, 15) is 9.59 Å². The molecule has 10 heteroatoms. The first-order valence-corrected chi connectivity index (χ1v) is 11.1. The minimum absolute atomic E-state index is 0.214. The van der Waals surface area contributed by atoms with Gasteiger partial charge in [-0.1, -0.05) is 6.07 Å². The third kappa shape index (κ3) is 4.62. The number of carbonyl (C=O) groups excluding carboxylic acids is 2. The molecule has 4 aromatic heterocycles. The van der Waals surface area contributed by atoms with E-state index in [1.54, 1.807) is 76.8 Å². The summed E-state index contributed by atoms with van der Waals surface area (Å²) in [5.74, 6) is 0.948. The summed E-state index contributed by atoms with van der Waals surface area (Å²) in [5, 5.41) is 11.8. The Morgan fingerprint density at radius 2 is 1.82 bits per heavy atom. The van der Waals surface area contributed by atoms with Crippen LogP contribution in [0.5, 0.6) is 11.5 Å². The maximum atomic E-state index is 12.9. The van der Waals surface area contributed by atoms with Crippen molar-refractivity contribution in [3.63, 3.8) is 0 Å². The first-order valence-electron chi connectivity index (χ1n) is 10.3. The predicted molar refractivity (Wildman–Crippen MR) is 129 cm³/mol. The zero-order chi connectivity index (χ0) is 23.5. The molecule has 34 heavy (non-hydrogen) atoms. The van der Waals surface area contributed by atoms with Crippen LogP contribution < -0.4 is 15.4 Å². The zero-order valence-electron chi connectivity index (χ0n) is 17.9. The quantitative estimate of drug-likeness (QED) is 0.367. The number of hydrogen-bond donors (Lipinski definition) is 2. The van der Waals surface area contributed by atoms with Gasteiger partial charge >= 0.3 is 0 Å². The first kappa shape index (κ1) is 21.3. The molecule has 5 aromatic rings. The number of amides is 2. The smallest absolute Gasteiger partial charge is 0.274 e. The second kappa shape index (κ2) is 9.12. The topological polar surface area (TPSA) is 111 Å². The van der Waals surface area contributed by atoms with E-state index in [0.29, 0.717) is 34.3 Å². The number of benzene rings is 1. The van der Waals surface area contributed by atoms with Crippen molar-refractivity contribution in [2.24, 2.45) is 0 Å². The molecule has 0 aliphatic carbocycles. The lowest BCUT2D eigenvalue weighted by Crippen LogP contribution is -2.15. The molecule has 4 heterocycles. The lowest BCUT2D eigenvalue weighted by molar-refractivity contribution is -0.114. The van der Waals surface area contributed by atoms with Crippen LogP contribution in [0.4, 0.5) is 11.5 Å². The normalized spacial score (nSPS) is 10.7. The predicted octanol–water partition coefficient (Wildman–Crippen LogP) is 4.86. The molecule has 0 saturated heterocycles. The Morgan fingerprint density at radius 1 is 0.971 bits per heavy atom. The number of carbonyl (C=O) groups is 2. The Balaban J connectivity index is 1.31. The molecule has 2 amide bonds. The third-order valence-electron chi connectivity index (χ3n) is 4.75. The number of thiophene rings is 1. The molecule has 0 atom stereocenters. The molecule has 0 aliphatic rings. The summed E-state index contributed by atoms with van der Waals surface area (Å²) in [4.78, 5) is 33.6. The Morgan fingerprint density at radius 3 is 2.59 bits per heavy atom. The Hall–Kier alpha value is -4.57. The molecular weight excluding hydrogens is 452 g/mol. The van der Waals surface area contributed by atoms with Crippen molar-refractivity contribution < 1.29 is 14.3 Å². The summed E-state index contributed by atoms with van der Waals surface area (Å²) in [6.07, 6.45) is 3.20. The summed E-state index contributed by atoms with van der Waals surface area (Å²) >= 11 is 1.57. The highest BCUT2D eigenvalue weighted by Gasteiger charge is 2.15. The molecule has 0 aliphatic heterocycles. The van der Waals surface area contributed by atoms with E-state index >= 15 is 0 Å². The third-order valence-corrected chi connectivity index (χ3v) is 5.64. The second-order valence-corrected chi connectivity index (χ2v) is 8.19. The van der Waals surface area contributed by atoms with E-state index in [4.69, 9.17) is 4.74 Å². The minimum Gasteiger partial charge on any atom is -0.457 e. The van der Waals surface area contributed by atoms with Crippen LogP contribution in [0.25, 0.3) is 16.2 Å². The largest absolute Gasteiger partial charge is 0.457 e. The Kier molecular flexibility index (Phi) is 5.71. The van der Waals surface area contributed by atoms with Gasteiger partial charge in [0.2, 0.25) is 5.91 Å². The van der Waals surface area contributed by atoms with Crippen LogP contribution in [0.2, 0.25) is 0 Å². The highest BCUT2D eigenvalue weighted by Crippen LogP contribution is 2.27. The zero-order valence-corrected chi connectivity index (χ0v) is 18.7. The number of rotatable bonds is 6. The monoisotopic (exact) mass is 470 g/mol. The molecule has 0 radical (unpaired) electrons. The number of anilines is 2. The van der Waals surface area contributed by atoms with Crippen molar-refractivity contribution in [1.29, 1.82) is 0 Å². The number of hydrogen-bond acceptors (Lipinski definition) is 7. The van der Waals surface area contributed by atoms with Crippen molar-refractivity contribution in [3.05, 3.63) is 84.1 Å². The van der Waals surface area contributed by atoms with E-state index in [1.165, 1.54) is 6.92 Å². The summed E-state index contributed by atoms with van der Waals surface area (Å²) < 4.78 is 7.53. The average molecular weight is 471 g/mol. The molecule has 0 spiro atoms. The summed E-state index contributed by atoms with van der Waals surface area (Å²) in [5.41, 5.74) is 2.28. The summed E-state index contributed by atoms with van der Waals surface area (Å²) in [7, 11) is 0. The molecule has 0 saturated carbocycles. The van der Waals surface area contributed by atoms with Gasteiger partial charge in [-0.25, -0.2) is 14.5 Å². The molecule has 5 rings (SSSR count). The van der Waals surface area contributed by atoms with Crippen molar-refractivity contribution in [3.8, 4) is 22.1 Å². The number of fused-ring (bicyclic) bond motifs is 1. The fraction of sp³-hybridized carbons (Fsp3) is 0.0417. The van der Waals surface area contributed by atoms with Gasteiger partial charge in [0, 0.05) is 30.9 Å². The maximum Gasteiger partial charge on any atom is 0.274 e. The summed E-state index contributed by atoms with van der Waals surface area (Å²) in [6.45, 7) is 1.41. The summed E-state index contributed by atoms with van der Waals surface area (Å²) in [6, 6.07) is 17.7. The molecule has 0 unspecified atom stereocenters. The van der Waals surface area contributed by atoms with Crippen LogP contribution in [-0.2, 0) is 4.79 Å². The van der Waals surface area contributed by atoms with E-state index in [2.05, 4.69) is 25.7 Å². The standard InChI is InChI=1S/C24H18N6O3S/c1-15(31)27-22-13-18(8-10-25-22)33-17-6-4-16(5-7-17)28-24(32)19-14-20(21-3-2-12-34-21)30-23(29-19)9-11-26-30/h2-14H,1H3,(H,28,32)(H,25,27,31). The van der Waals surface area contributed by atoms with Gasteiger partial charge in [-0.15, -0.1) is 11.3 Å². The van der Waals surface area contributed by atoms with Crippen molar-refractivity contribution in [2.45, 2.75) is 6.92 Å².